The highest BCUT2D eigenvalue weighted by Crippen LogP contribution is 2.11. The van der Waals surface area contributed by atoms with Gasteiger partial charge in [-0.1, -0.05) is 19.1 Å². The zero-order chi connectivity index (χ0) is 12.8. The molecule has 0 aliphatic rings. The fourth-order valence-corrected chi connectivity index (χ4v) is 1.78. The Balaban J connectivity index is 2.71. The molecule has 1 aromatic rings. The monoisotopic (exact) mass is 239 g/mol. The molecule has 0 aromatic heterocycles. The number of nitrogens with zero attached hydrogens (tertiary/aromatic N) is 1. The molecule has 0 unspecified atom stereocenters. The third-order valence-electron chi connectivity index (χ3n) is 2.53. The average molecular weight is 239 g/mol. The first-order valence-corrected chi connectivity index (χ1v) is 5.72. The molecule has 0 heterocycles. The summed E-state index contributed by atoms with van der Waals surface area (Å²) in [5, 5.41) is 8.79. The van der Waals surface area contributed by atoms with E-state index in [1.807, 2.05) is 11.8 Å². The third-order valence-corrected chi connectivity index (χ3v) is 2.53. The number of hydrogen-bond acceptors (Lipinski definition) is 2. The lowest BCUT2D eigenvalue weighted by atomic mass is 10.1. The van der Waals surface area contributed by atoms with E-state index in [4.69, 9.17) is 5.11 Å². The minimum absolute atomic E-state index is 0.0181. The maximum atomic E-state index is 13.1. The summed E-state index contributed by atoms with van der Waals surface area (Å²) >= 11 is 0. The highest BCUT2D eigenvalue weighted by Gasteiger charge is 2.10. The average Bonchev–Trinajstić information content (AvgIpc) is 2.23. The number of hydrogen-bond donors (Lipinski definition) is 1. The summed E-state index contributed by atoms with van der Waals surface area (Å²) in [5.41, 5.74) is 1.54. The van der Waals surface area contributed by atoms with Crippen LogP contribution in [0.1, 0.15) is 24.5 Å². The second-order valence-electron chi connectivity index (χ2n) is 4.19. The van der Waals surface area contributed by atoms with Gasteiger partial charge in [0.25, 0.3) is 0 Å². The van der Waals surface area contributed by atoms with Crippen molar-refractivity contribution in [2.45, 2.75) is 26.8 Å². The second-order valence-corrected chi connectivity index (χ2v) is 4.19. The molecule has 0 saturated heterocycles. The molecule has 94 valence electrons. The quantitative estimate of drug-likeness (QED) is 0.828. The van der Waals surface area contributed by atoms with Gasteiger partial charge >= 0.3 is 5.97 Å². The van der Waals surface area contributed by atoms with Crippen molar-refractivity contribution in [3.63, 3.8) is 0 Å². The Labute approximate surface area is 101 Å². The molecule has 1 rings (SSSR count). The predicted octanol–water partition coefficient (Wildman–Crippen LogP) is 2.43. The van der Waals surface area contributed by atoms with E-state index in [1.165, 1.54) is 6.07 Å². The molecule has 0 radical (unpaired) electrons. The van der Waals surface area contributed by atoms with E-state index in [0.717, 1.165) is 18.5 Å². The summed E-state index contributed by atoms with van der Waals surface area (Å²) in [6.45, 7) is 5.00. The van der Waals surface area contributed by atoms with Crippen LogP contribution in [-0.4, -0.2) is 29.1 Å². The van der Waals surface area contributed by atoms with Crippen LogP contribution in [0.15, 0.2) is 18.2 Å². The number of benzene rings is 1. The van der Waals surface area contributed by atoms with Gasteiger partial charge in [0.1, 0.15) is 5.82 Å². The Kier molecular flexibility index (Phi) is 5.10. The van der Waals surface area contributed by atoms with E-state index < -0.39 is 5.97 Å². The lowest BCUT2D eigenvalue weighted by Gasteiger charge is -2.19. The van der Waals surface area contributed by atoms with Gasteiger partial charge in [0, 0.05) is 6.54 Å². The largest absolute Gasteiger partial charge is 0.480 e. The lowest BCUT2D eigenvalue weighted by molar-refractivity contribution is -0.138. The van der Waals surface area contributed by atoms with Crippen LogP contribution < -0.4 is 0 Å². The molecule has 4 heteroatoms. The van der Waals surface area contributed by atoms with Crippen LogP contribution >= 0.6 is 0 Å². The predicted molar refractivity (Wildman–Crippen MR) is 64.3 cm³/mol. The third kappa shape index (κ3) is 4.53. The molecule has 1 aromatic carbocycles. The van der Waals surface area contributed by atoms with Crippen LogP contribution in [0.25, 0.3) is 0 Å². The molecule has 0 aliphatic heterocycles. The maximum absolute atomic E-state index is 13.1. The first-order chi connectivity index (χ1) is 8.02. The zero-order valence-electron chi connectivity index (χ0n) is 10.2. The minimum Gasteiger partial charge on any atom is -0.480 e. The van der Waals surface area contributed by atoms with E-state index in [2.05, 4.69) is 0 Å². The van der Waals surface area contributed by atoms with E-state index in [1.54, 1.807) is 19.1 Å². The Morgan fingerprint density at radius 1 is 1.47 bits per heavy atom. The van der Waals surface area contributed by atoms with Crippen LogP contribution in [0.5, 0.6) is 0 Å². The summed E-state index contributed by atoms with van der Waals surface area (Å²) < 4.78 is 13.1. The Morgan fingerprint density at radius 3 is 2.71 bits per heavy atom. The molecule has 17 heavy (non-hydrogen) atoms. The van der Waals surface area contributed by atoms with Gasteiger partial charge < -0.3 is 5.11 Å². The molecule has 0 bridgehead atoms. The van der Waals surface area contributed by atoms with Crippen LogP contribution in [0, 0.1) is 12.7 Å². The Hall–Kier alpha value is -1.42. The van der Waals surface area contributed by atoms with Gasteiger partial charge in [-0.15, -0.1) is 0 Å². The van der Waals surface area contributed by atoms with Gasteiger partial charge in [-0.2, -0.15) is 0 Å². The Morgan fingerprint density at radius 2 is 2.18 bits per heavy atom. The number of carboxylic acid groups (broad SMARTS) is 1. The van der Waals surface area contributed by atoms with Gasteiger partial charge in [0.2, 0.25) is 0 Å². The summed E-state index contributed by atoms with van der Waals surface area (Å²) in [4.78, 5) is 12.5. The van der Waals surface area contributed by atoms with Crippen LogP contribution in [0.4, 0.5) is 4.39 Å². The number of halogens is 1. The highest BCUT2D eigenvalue weighted by molar-refractivity contribution is 5.69. The normalized spacial score (nSPS) is 10.8. The van der Waals surface area contributed by atoms with Crippen molar-refractivity contribution in [2.75, 3.05) is 13.1 Å². The standard InChI is InChI=1S/C13H18FNO2/c1-3-6-15(9-13(16)17)8-11-4-5-12(14)10(2)7-11/h4-5,7H,3,6,8-9H2,1-2H3,(H,16,17). The number of carboxylic acids is 1. The number of aryl methyl sites for hydroxylation is 1. The number of rotatable bonds is 6. The first kappa shape index (κ1) is 13.6. The topological polar surface area (TPSA) is 40.5 Å². The fraction of sp³-hybridized carbons (Fsp3) is 0.462. The van der Waals surface area contributed by atoms with Crippen molar-refractivity contribution in [2.24, 2.45) is 0 Å². The van der Waals surface area contributed by atoms with Crippen LogP contribution in [0.3, 0.4) is 0 Å². The molecule has 0 atom stereocenters. The summed E-state index contributed by atoms with van der Waals surface area (Å²) in [7, 11) is 0. The molecule has 3 nitrogen and oxygen atoms in total. The smallest absolute Gasteiger partial charge is 0.317 e. The van der Waals surface area contributed by atoms with E-state index >= 15 is 0 Å². The van der Waals surface area contributed by atoms with Crippen LogP contribution in [-0.2, 0) is 11.3 Å². The van der Waals surface area contributed by atoms with Gasteiger partial charge in [0.15, 0.2) is 0 Å². The van der Waals surface area contributed by atoms with Crippen LogP contribution in [0.2, 0.25) is 0 Å². The molecule has 1 N–H and O–H groups in total. The second kappa shape index (κ2) is 6.35. The van der Waals surface area contributed by atoms with E-state index in [0.29, 0.717) is 12.1 Å². The number of aliphatic carboxylic acids is 1. The van der Waals surface area contributed by atoms with Crippen molar-refractivity contribution in [3.8, 4) is 0 Å². The molecule has 0 fully saturated rings. The SMILES string of the molecule is CCCN(CC(=O)O)Cc1ccc(F)c(C)c1. The van der Waals surface area contributed by atoms with Crippen molar-refractivity contribution in [1.82, 2.24) is 4.90 Å². The lowest BCUT2D eigenvalue weighted by Crippen LogP contribution is -2.30. The summed E-state index contributed by atoms with van der Waals surface area (Å²) in [6.07, 6.45) is 0.896. The fourth-order valence-electron chi connectivity index (χ4n) is 1.78. The molecule has 0 aliphatic carbocycles. The van der Waals surface area contributed by atoms with Crippen molar-refractivity contribution in [1.29, 1.82) is 0 Å². The summed E-state index contributed by atoms with van der Waals surface area (Å²) in [6, 6.07) is 4.89. The minimum atomic E-state index is -0.836. The molecule has 0 spiro atoms. The van der Waals surface area contributed by atoms with Gasteiger partial charge in [-0.3, -0.25) is 9.69 Å². The molecule has 0 saturated carbocycles. The first-order valence-electron chi connectivity index (χ1n) is 5.72. The molecular formula is C13H18FNO2. The molecular weight excluding hydrogens is 221 g/mol. The maximum Gasteiger partial charge on any atom is 0.317 e. The Bertz CT molecular complexity index is 393. The number of carbonyl (C=O) groups is 1. The van der Waals surface area contributed by atoms with Crippen molar-refractivity contribution >= 4 is 5.97 Å². The highest BCUT2D eigenvalue weighted by atomic mass is 19.1. The van der Waals surface area contributed by atoms with Gasteiger partial charge in [-0.05, 0) is 37.1 Å². The van der Waals surface area contributed by atoms with Crippen molar-refractivity contribution < 1.29 is 14.3 Å². The molecule has 0 amide bonds. The van der Waals surface area contributed by atoms with Crippen molar-refractivity contribution in [3.05, 3.63) is 35.1 Å². The van der Waals surface area contributed by atoms with Gasteiger partial charge in [-0.25, -0.2) is 4.39 Å². The van der Waals surface area contributed by atoms with E-state index in [9.17, 15) is 9.18 Å². The van der Waals surface area contributed by atoms with Gasteiger partial charge in [0.05, 0.1) is 6.54 Å². The van der Waals surface area contributed by atoms with E-state index in [-0.39, 0.29) is 12.4 Å². The zero-order valence-corrected chi connectivity index (χ0v) is 10.2. The summed E-state index contributed by atoms with van der Waals surface area (Å²) in [5.74, 6) is -1.06.